The van der Waals surface area contributed by atoms with E-state index in [0.29, 0.717) is 42.6 Å². The van der Waals surface area contributed by atoms with Gasteiger partial charge in [-0.05, 0) is 61.0 Å². The van der Waals surface area contributed by atoms with E-state index in [9.17, 15) is 18.3 Å². The lowest BCUT2D eigenvalue weighted by Crippen LogP contribution is -2.42. The van der Waals surface area contributed by atoms with Crippen molar-refractivity contribution < 1.29 is 13.5 Å². The second-order valence-corrected chi connectivity index (χ2v) is 11.5. The minimum atomic E-state index is -3.16. The van der Waals surface area contributed by atoms with Crippen molar-refractivity contribution in [2.24, 2.45) is 0 Å². The number of anilines is 1. The molecule has 2 aromatic heterocycles. The zero-order valence-corrected chi connectivity index (χ0v) is 19.5. The molecule has 0 aromatic carbocycles. The SMILES string of the molecule is C[C@@]1(O)CCC[C@H]1n1c(=O)c(Br)cc2cnc(NC3CCN(S(C)(=O)=O)CC3)cc21. The van der Waals surface area contributed by atoms with Crippen molar-refractivity contribution in [2.75, 3.05) is 24.7 Å². The Kier molecular flexibility index (Phi) is 5.71. The van der Waals surface area contributed by atoms with Crippen LogP contribution in [0.3, 0.4) is 0 Å². The molecule has 8 nitrogen and oxygen atoms in total. The van der Waals surface area contributed by atoms with Gasteiger partial charge in [-0.2, -0.15) is 0 Å². The van der Waals surface area contributed by atoms with Gasteiger partial charge < -0.3 is 15.0 Å². The van der Waals surface area contributed by atoms with E-state index >= 15 is 0 Å². The van der Waals surface area contributed by atoms with Gasteiger partial charge in [-0.25, -0.2) is 17.7 Å². The Morgan fingerprint density at radius 1 is 1.27 bits per heavy atom. The lowest BCUT2D eigenvalue weighted by Gasteiger charge is -2.31. The maximum atomic E-state index is 13.0. The Balaban J connectivity index is 1.65. The summed E-state index contributed by atoms with van der Waals surface area (Å²) in [6.45, 7) is 2.75. The number of aliphatic hydroxyl groups is 1. The minimum Gasteiger partial charge on any atom is -0.388 e. The highest BCUT2D eigenvalue weighted by atomic mass is 79.9. The van der Waals surface area contributed by atoms with E-state index in [1.807, 2.05) is 6.07 Å². The summed E-state index contributed by atoms with van der Waals surface area (Å²) in [5, 5.41) is 15.1. The van der Waals surface area contributed by atoms with Crippen LogP contribution < -0.4 is 10.9 Å². The standard InChI is InChI=1S/C20H27BrN4O4S/c1-20(27)7-3-4-17(20)25-16-11-18(22-12-13(16)10-15(21)19(25)26)23-14-5-8-24(9-6-14)30(2,28)29/h10-12,14,17,27H,3-9H2,1-2H3,(H,22,23)/t17-,20-/m1/s1. The predicted molar refractivity (Wildman–Crippen MR) is 120 cm³/mol. The maximum Gasteiger partial charge on any atom is 0.265 e. The molecule has 10 heteroatoms. The normalized spacial score (nSPS) is 26.3. The first kappa shape index (κ1) is 21.7. The molecule has 2 N–H and O–H groups in total. The van der Waals surface area contributed by atoms with E-state index in [0.717, 1.165) is 23.7 Å². The molecule has 1 aliphatic carbocycles. The molecule has 0 amide bonds. The molecule has 0 radical (unpaired) electrons. The highest BCUT2D eigenvalue weighted by molar-refractivity contribution is 9.10. The largest absolute Gasteiger partial charge is 0.388 e. The minimum absolute atomic E-state index is 0.109. The van der Waals surface area contributed by atoms with E-state index in [-0.39, 0.29) is 17.6 Å². The maximum absolute atomic E-state index is 13.0. The zero-order valence-electron chi connectivity index (χ0n) is 17.1. The van der Waals surface area contributed by atoms with Crippen LogP contribution in [0.1, 0.15) is 45.1 Å². The van der Waals surface area contributed by atoms with Crippen molar-refractivity contribution in [3.8, 4) is 0 Å². The molecule has 2 aromatic rings. The number of fused-ring (bicyclic) bond motifs is 1. The van der Waals surface area contributed by atoms with Crippen molar-refractivity contribution in [3.63, 3.8) is 0 Å². The van der Waals surface area contributed by atoms with Crippen LogP contribution in [-0.2, 0) is 10.0 Å². The fourth-order valence-corrected chi connectivity index (χ4v) is 5.98. The summed E-state index contributed by atoms with van der Waals surface area (Å²) in [4.78, 5) is 17.5. The van der Waals surface area contributed by atoms with Crippen LogP contribution in [-0.4, -0.2) is 58.4 Å². The van der Waals surface area contributed by atoms with E-state index < -0.39 is 15.6 Å². The Morgan fingerprint density at radius 2 is 1.97 bits per heavy atom. The first-order valence-electron chi connectivity index (χ1n) is 10.2. The summed E-state index contributed by atoms with van der Waals surface area (Å²) in [7, 11) is -3.16. The number of halogens is 1. The van der Waals surface area contributed by atoms with Crippen LogP contribution in [0.2, 0.25) is 0 Å². The molecule has 0 bridgehead atoms. The number of pyridine rings is 2. The number of hydrogen-bond donors (Lipinski definition) is 2. The van der Waals surface area contributed by atoms with Crippen molar-refractivity contribution in [1.82, 2.24) is 13.9 Å². The van der Waals surface area contributed by atoms with Gasteiger partial charge in [0.25, 0.3) is 5.56 Å². The van der Waals surface area contributed by atoms with E-state index in [2.05, 4.69) is 26.2 Å². The third-order valence-electron chi connectivity index (χ3n) is 6.34. The van der Waals surface area contributed by atoms with Crippen LogP contribution in [0.15, 0.2) is 27.6 Å². The smallest absolute Gasteiger partial charge is 0.265 e. The number of piperidine rings is 1. The van der Waals surface area contributed by atoms with E-state index in [1.54, 1.807) is 23.8 Å². The topological polar surface area (TPSA) is 105 Å². The molecule has 1 saturated carbocycles. The molecular formula is C20H27BrN4O4S. The molecule has 30 heavy (non-hydrogen) atoms. The number of aromatic nitrogens is 2. The number of nitrogens with one attached hydrogen (secondary N) is 1. The van der Waals surface area contributed by atoms with Crippen LogP contribution in [0, 0.1) is 0 Å². The Labute approximate surface area is 184 Å². The molecule has 1 saturated heterocycles. The summed E-state index contributed by atoms with van der Waals surface area (Å²) in [6, 6.07) is 3.44. The van der Waals surface area contributed by atoms with Gasteiger partial charge in [0.15, 0.2) is 0 Å². The Hall–Kier alpha value is -1.49. The summed E-state index contributed by atoms with van der Waals surface area (Å²) >= 11 is 3.36. The summed E-state index contributed by atoms with van der Waals surface area (Å²) < 4.78 is 27.1. The Bertz CT molecular complexity index is 1120. The second-order valence-electron chi connectivity index (χ2n) is 8.64. The molecule has 2 aliphatic rings. The van der Waals surface area contributed by atoms with Crippen LogP contribution in [0.4, 0.5) is 5.82 Å². The lowest BCUT2D eigenvalue weighted by atomic mass is 9.99. The average molecular weight is 499 g/mol. The molecule has 2 atom stereocenters. The highest BCUT2D eigenvalue weighted by Crippen LogP contribution is 2.40. The second kappa shape index (κ2) is 7.89. The number of rotatable bonds is 4. The number of sulfonamides is 1. The summed E-state index contributed by atoms with van der Waals surface area (Å²) in [5.41, 5.74) is -0.359. The van der Waals surface area contributed by atoms with Gasteiger partial charge in [0.2, 0.25) is 10.0 Å². The average Bonchev–Trinajstić information content (AvgIpc) is 3.02. The van der Waals surface area contributed by atoms with Gasteiger partial charge in [0.05, 0.1) is 27.9 Å². The van der Waals surface area contributed by atoms with Gasteiger partial charge in [-0.3, -0.25) is 4.79 Å². The number of nitrogens with zero attached hydrogens (tertiary/aromatic N) is 3. The van der Waals surface area contributed by atoms with Crippen LogP contribution in [0.5, 0.6) is 0 Å². The number of hydrogen-bond acceptors (Lipinski definition) is 6. The summed E-state index contributed by atoms with van der Waals surface area (Å²) in [5.74, 6) is 0.647. The molecular weight excluding hydrogens is 472 g/mol. The summed E-state index contributed by atoms with van der Waals surface area (Å²) in [6.07, 6.45) is 6.62. The van der Waals surface area contributed by atoms with Crippen molar-refractivity contribution in [1.29, 1.82) is 0 Å². The molecule has 1 aliphatic heterocycles. The molecule has 2 fully saturated rings. The third kappa shape index (κ3) is 4.15. The van der Waals surface area contributed by atoms with Gasteiger partial charge in [0, 0.05) is 36.8 Å². The molecule has 0 unspecified atom stereocenters. The highest BCUT2D eigenvalue weighted by Gasteiger charge is 2.39. The first-order chi connectivity index (χ1) is 14.1. The molecule has 164 valence electrons. The zero-order chi connectivity index (χ0) is 21.7. The fraction of sp³-hybridized carbons (Fsp3) is 0.600. The van der Waals surface area contributed by atoms with Gasteiger partial charge in [0.1, 0.15) is 5.82 Å². The monoisotopic (exact) mass is 498 g/mol. The van der Waals surface area contributed by atoms with Crippen LogP contribution in [0.25, 0.3) is 10.9 Å². The van der Waals surface area contributed by atoms with Gasteiger partial charge >= 0.3 is 0 Å². The van der Waals surface area contributed by atoms with Gasteiger partial charge in [-0.1, -0.05) is 0 Å². The van der Waals surface area contributed by atoms with Gasteiger partial charge in [-0.15, -0.1) is 0 Å². The lowest BCUT2D eigenvalue weighted by molar-refractivity contribution is 0.0268. The van der Waals surface area contributed by atoms with Crippen molar-refractivity contribution in [2.45, 2.75) is 56.7 Å². The van der Waals surface area contributed by atoms with Crippen LogP contribution >= 0.6 is 15.9 Å². The molecule has 0 spiro atoms. The van der Waals surface area contributed by atoms with Crippen molar-refractivity contribution >= 4 is 42.7 Å². The van der Waals surface area contributed by atoms with Crippen molar-refractivity contribution in [3.05, 3.63) is 33.2 Å². The quantitative estimate of drug-likeness (QED) is 0.670. The molecule has 4 rings (SSSR count). The first-order valence-corrected chi connectivity index (χ1v) is 12.9. The van der Waals surface area contributed by atoms with E-state index in [1.165, 1.54) is 10.6 Å². The fourth-order valence-electron chi connectivity index (χ4n) is 4.67. The third-order valence-corrected chi connectivity index (χ3v) is 8.21. The molecule has 3 heterocycles. The predicted octanol–water partition coefficient (Wildman–Crippen LogP) is 2.47. The Morgan fingerprint density at radius 3 is 2.57 bits per heavy atom. The van der Waals surface area contributed by atoms with E-state index in [4.69, 9.17) is 0 Å².